The Kier molecular flexibility index (Phi) is 4.69. The number of hydrogen-bond acceptors (Lipinski definition) is 3. The number of aryl methyl sites for hydroxylation is 1. The van der Waals surface area contributed by atoms with Crippen molar-refractivity contribution in [2.75, 3.05) is 13.1 Å². The van der Waals surface area contributed by atoms with E-state index in [1.807, 2.05) is 23.1 Å². The molecule has 5 nitrogen and oxygen atoms in total. The maximum absolute atomic E-state index is 12.8. The van der Waals surface area contributed by atoms with Gasteiger partial charge in [0, 0.05) is 31.7 Å². The molecule has 5 heteroatoms. The van der Waals surface area contributed by atoms with Gasteiger partial charge in [0.2, 0.25) is 0 Å². The van der Waals surface area contributed by atoms with Gasteiger partial charge in [-0.3, -0.25) is 9.78 Å². The first kappa shape index (κ1) is 16.8. The monoisotopic (exact) mass is 348 g/mol. The zero-order chi connectivity index (χ0) is 17.9. The van der Waals surface area contributed by atoms with E-state index in [1.165, 1.54) is 5.52 Å². The Hall–Kier alpha value is -2.69. The third-order valence-electron chi connectivity index (χ3n) is 5.09. The van der Waals surface area contributed by atoms with Gasteiger partial charge >= 0.3 is 0 Å². The second kappa shape index (κ2) is 7.28. The minimum Gasteiger partial charge on any atom is -0.337 e. The fourth-order valence-electron chi connectivity index (χ4n) is 3.89. The smallest absolute Gasteiger partial charge is 0.272 e. The molecule has 0 N–H and O–H groups in total. The Morgan fingerprint density at radius 3 is 2.85 bits per heavy atom. The molecular formula is C21H24N4O. The second-order valence-corrected chi connectivity index (χ2v) is 6.92. The van der Waals surface area contributed by atoms with E-state index in [1.54, 1.807) is 12.3 Å². The topological polar surface area (TPSA) is 51.0 Å². The Morgan fingerprint density at radius 2 is 2.04 bits per heavy atom. The molecule has 0 saturated carbocycles. The molecule has 0 spiro atoms. The van der Waals surface area contributed by atoms with Crippen LogP contribution >= 0.6 is 0 Å². The number of piperidine rings is 1. The maximum atomic E-state index is 12.8. The van der Waals surface area contributed by atoms with E-state index in [0.717, 1.165) is 43.7 Å². The van der Waals surface area contributed by atoms with Crippen molar-refractivity contribution in [3.05, 3.63) is 60.2 Å². The molecule has 3 heterocycles. The van der Waals surface area contributed by atoms with Crippen LogP contribution < -0.4 is 0 Å². The molecule has 26 heavy (non-hydrogen) atoms. The van der Waals surface area contributed by atoms with Crippen molar-refractivity contribution >= 4 is 16.9 Å². The normalized spacial score (nSPS) is 17.6. The summed E-state index contributed by atoms with van der Waals surface area (Å²) in [6, 6.07) is 13.8. The molecule has 1 fully saturated rings. The quantitative estimate of drug-likeness (QED) is 0.719. The van der Waals surface area contributed by atoms with Crippen LogP contribution in [0.2, 0.25) is 0 Å². The van der Waals surface area contributed by atoms with Crippen LogP contribution in [-0.4, -0.2) is 38.4 Å². The Labute approximate surface area is 153 Å². The highest BCUT2D eigenvalue weighted by molar-refractivity contribution is 5.92. The van der Waals surface area contributed by atoms with E-state index in [9.17, 15) is 4.79 Å². The minimum atomic E-state index is 0.0217. The van der Waals surface area contributed by atoms with Gasteiger partial charge in [-0.25, -0.2) is 4.98 Å². The minimum absolute atomic E-state index is 0.0217. The van der Waals surface area contributed by atoms with Gasteiger partial charge in [-0.2, -0.15) is 0 Å². The molecule has 1 atom stereocenters. The predicted octanol–water partition coefficient (Wildman–Crippen LogP) is 3.86. The summed E-state index contributed by atoms with van der Waals surface area (Å²) >= 11 is 0. The molecule has 0 bridgehead atoms. The number of amides is 1. The number of benzene rings is 1. The Bertz CT molecular complexity index is 903. The fourth-order valence-corrected chi connectivity index (χ4v) is 3.89. The summed E-state index contributed by atoms with van der Waals surface area (Å²) in [7, 11) is 0. The number of likely N-dealkylation sites (tertiary alicyclic amines) is 1. The average molecular weight is 348 g/mol. The largest absolute Gasteiger partial charge is 0.337 e. The van der Waals surface area contributed by atoms with Crippen LogP contribution in [0.25, 0.3) is 11.0 Å². The van der Waals surface area contributed by atoms with Crippen molar-refractivity contribution in [2.45, 2.75) is 38.6 Å². The Morgan fingerprint density at radius 1 is 1.19 bits per heavy atom. The van der Waals surface area contributed by atoms with Gasteiger partial charge in [-0.15, -0.1) is 0 Å². The lowest BCUT2D eigenvalue weighted by molar-refractivity contribution is 0.0697. The molecule has 1 unspecified atom stereocenters. The lowest BCUT2D eigenvalue weighted by Crippen LogP contribution is -2.40. The highest BCUT2D eigenvalue weighted by atomic mass is 16.2. The van der Waals surface area contributed by atoms with Crippen LogP contribution in [0.1, 0.15) is 48.4 Å². The highest BCUT2D eigenvalue weighted by Gasteiger charge is 2.29. The standard InChI is InChI=1S/C21H24N4O/c1-2-13-25-19-11-4-3-9-17(19)23-20(25)16-8-7-14-24(15-16)21(26)18-10-5-6-12-22-18/h3-6,9-12,16H,2,7-8,13-15H2,1H3. The van der Waals surface area contributed by atoms with Gasteiger partial charge in [0.25, 0.3) is 5.91 Å². The van der Waals surface area contributed by atoms with Gasteiger partial charge in [-0.1, -0.05) is 25.1 Å². The molecular weight excluding hydrogens is 324 g/mol. The number of carbonyl (C=O) groups excluding carboxylic acids is 1. The van der Waals surface area contributed by atoms with Gasteiger partial charge < -0.3 is 9.47 Å². The second-order valence-electron chi connectivity index (χ2n) is 6.92. The number of fused-ring (bicyclic) bond motifs is 1. The summed E-state index contributed by atoms with van der Waals surface area (Å²) in [6.45, 7) is 4.65. The molecule has 4 rings (SSSR count). The number of carbonyl (C=O) groups is 1. The number of rotatable bonds is 4. The molecule has 1 aliphatic rings. The first-order valence-corrected chi connectivity index (χ1v) is 9.43. The van der Waals surface area contributed by atoms with Crippen LogP contribution in [0.4, 0.5) is 0 Å². The summed E-state index contributed by atoms with van der Waals surface area (Å²) in [5.74, 6) is 1.41. The molecule has 134 valence electrons. The van der Waals surface area contributed by atoms with Crippen LogP contribution in [0, 0.1) is 0 Å². The summed E-state index contributed by atoms with van der Waals surface area (Å²) in [6.07, 6.45) is 4.81. The maximum Gasteiger partial charge on any atom is 0.272 e. The van der Waals surface area contributed by atoms with Gasteiger partial charge in [0.1, 0.15) is 11.5 Å². The summed E-state index contributed by atoms with van der Waals surface area (Å²) in [4.78, 5) is 23.9. The van der Waals surface area contributed by atoms with Gasteiger partial charge in [0.05, 0.1) is 11.0 Å². The lowest BCUT2D eigenvalue weighted by atomic mass is 9.96. The van der Waals surface area contributed by atoms with Crippen LogP contribution in [-0.2, 0) is 6.54 Å². The summed E-state index contributed by atoms with van der Waals surface area (Å²) in [5, 5.41) is 0. The van der Waals surface area contributed by atoms with E-state index in [0.29, 0.717) is 12.2 Å². The molecule has 0 radical (unpaired) electrons. The van der Waals surface area contributed by atoms with E-state index in [4.69, 9.17) is 4.98 Å². The number of nitrogens with zero attached hydrogens (tertiary/aromatic N) is 4. The van der Waals surface area contributed by atoms with E-state index >= 15 is 0 Å². The molecule has 1 amide bonds. The summed E-state index contributed by atoms with van der Waals surface area (Å²) < 4.78 is 2.34. The number of pyridine rings is 1. The van der Waals surface area contributed by atoms with Crippen molar-refractivity contribution in [1.82, 2.24) is 19.4 Å². The van der Waals surface area contributed by atoms with Crippen molar-refractivity contribution in [1.29, 1.82) is 0 Å². The van der Waals surface area contributed by atoms with Crippen molar-refractivity contribution in [2.24, 2.45) is 0 Å². The number of hydrogen-bond donors (Lipinski definition) is 0. The van der Waals surface area contributed by atoms with Crippen LogP contribution in [0.5, 0.6) is 0 Å². The third kappa shape index (κ3) is 3.09. The zero-order valence-electron chi connectivity index (χ0n) is 15.1. The van der Waals surface area contributed by atoms with Gasteiger partial charge in [0.15, 0.2) is 0 Å². The number of aromatic nitrogens is 3. The van der Waals surface area contributed by atoms with Crippen molar-refractivity contribution in [3.63, 3.8) is 0 Å². The molecule has 1 aromatic carbocycles. The molecule has 0 aliphatic carbocycles. The highest BCUT2D eigenvalue weighted by Crippen LogP contribution is 2.30. The Balaban J connectivity index is 1.63. The van der Waals surface area contributed by atoms with Crippen molar-refractivity contribution in [3.8, 4) is 0 Å². The van der Waals surface area contributed by atoms with Gasteiger partial charge in [-0.05, 0) is 43.5 Å². The molecule has 1 aliphatic heterocycles. The van der Waals surface area contributed by atoms with Crippen LogP contribution in [0.3, 0.4) is 0 Å². The first-order chi connectivity index (χ1) is 12.8. The third-order valence-corrected chi connectivity index (χ3v) is 5.09. The molecule has 3 aromatic rings. The van der Waals surface area contributed by atoms with E-state index < -0.39 is 0 Å². The summed E-state index contributed by atoms with van der Waals surface area (Å²) in [5.41, 5.74) is 2.76. The molecule has 2 aromatic heterocycles. The SMILES string of the molecule is CCCn1c(C2CCCN(C(=O)c3ccccn3)C2)nc2ccccc21. The number of para-hydroxylation sites is 2. The number of imidazole rings is 1. The van der Waals surface area contributed by atoms with Crippen molar-refractivity contribution < 1.29 is 4.79 Å². The van der Waals surface area contributed by atoms with Crippen LogP contribution in [0.15, 0.2) is 48.7 Å². The lowest BCUT2D eigenvalue weighted by Gasteiger charge is -2.32. The molecule has 1 saturated heterocycles. The van der Waals surface area contributed by atoms with E-state index in [2.05, 4.69) is 34.7 Å². The average Bonchev–Trinajstić information content (AvgIpc) is 3.07. The first-order valence-electron chi connectivity index (χ1n) is 9.43. The van der Waals surface area contributed by atoms with E-state index in [-0.39, 0.29) is 11.8 Å². The zero-order valence-corrected chi connectivity index (χ0v) is 15.1. The predicted molar refractivity (Wildman–Crippen MR) is 102 cm³/mol. The fraction of sp³-hybridized carbons (Fsp3) is 0.381.